The number of nitrogens with two attached hydrogens (primary N) is 1. The highest BCUT2D eigenvalue weighted by atomic mass is 35.5. The minimum atomic E-state index is -4.54. The van der Waals surface area contributed by atoms with Crippen molar-refractivity contribution in [3.8, 4) is 0 Å². The van der Waals surface area contributed by atoms with Gasteiger partial charge in [-0.2, -0.15) is 13.2 Å². The number of aliphatic imine (C=N–C) groups is 1. The Morgan fingerprint density at radius 1 is 1.16 bits per heavy atom. The number of hydrogen-bond acceptors (Lipinski definition) is 4. The van der Waals surface area contributed by atoms with E-state index >= 15 is 0 Å². The highest BCUT2D eigenvalue weighted by Crippen LogP contribution is 2.39. The largest absolute Gasteiger partial charge is 0.389 e. The Labute approximate surface area is 220 Å². The molecule has 0 aromatic heterocycles. The van der Waals surface area contributed by atoms with E-state index < -0.39 is 60.6 Å². The molecule has 0 saturated heterocycles. The number of benzene rings is 2. The molecule has 7 nitrogen and oxygen atoms in total. The SMILES string of the molecule is NC(=O)[C@H](CCC(F)(F)F)[C@H](CC1CC1)C(=O)N[C@H]1N=C(c2cccc(Cl)c2)c2cccc(F)c2NC1=O. The van der Waals surface area contributed by atoms with E-state index in [0.717, 1.165) is 18.9 Å². The predicted molar refractivity (Wildman–Crippen MR) is 133 cm³/mol. The number of nitrogens with zero attached hydrogens (tertiary/aromatic N) is 1. The van der Waals surface area contributed by atoms with E-state index in [2.05, 4.69) is 15.6 Å². The lowest BCUT2D eigenvalue weighted by molar-refractivity contribution is -0.146. The number of para-hydroxylation sites is 1. The van der Waals surface area contributed by atoms with E-state index in [1.165, 1.54) is 6.07 Å². The molecule has 0 unspecified atom stereocenters. The fourth-order valence-electron chi connectivity index (χ4n) is 4.53. The van der Waals surface area contributed by atoms with Gasteiger partial charge in [0.1, 0.15) is 5.82 Å². The number of carbonyl (C=O) groups is 3. The maximum Gasteiger partial charge on any atom is 0.389 e. The van der Waals surface area contributed by atoms with Crippen LogP contribution in [0, 0.1) is 23.6 Å². The monoisotopic (exact) mass is 552 g/mol. The van der Waals surface area contributed by atoms with Gasteiger partial charge in [0.05, 0.1) is 11.4 Å². The number of hydrogen-bond donors (Lipinski definition) is 3. The van der Waals surface area contributed by atoms with Crippen molar-refractivity contribution in [2.75, 3.05) is 5.32 Å². The Kier molecular flexibility index (Phi) is 8.05. The number of nitrogens with one attached hydrogen (secondary N) is 2. The van der Waals surface area contributed by atoms with Crippen LogP contribution in [0.25, 0.3) is 0 Å². The highest BCUT2D eigenvalue weighted by molar-refractivity contribution is 6.31. The van der Waals surface area contributed by atoms with E-state index in [4.69, 9.17) is 17.3 Å². The summed E-state index contributed by atoms with van der Waals surface area (Å²) in [7, 11) is 0. The number of rotatable bonds is 9. The number of alkyl halides is 3. The summed E-state index contributed by atoms with van der Waals surface area (Å²) in [6.45, 7) is 0. The van der Waals surface area contributed by atoms with Gasteiger partial charge >= 0.3 is 6.18 Å². The molecule has 1 fully saturated rings. The lowest BCUT2D eigenvalue weighted by atomic mass is 9.83. The van der Waals surface area contributed by atoms with Crippen LogP contribution in [0.3, 0.4) is 0 Å². The molecule has 2 aromatic carbocycles. The maximum absolute atomic E-state index is 14.7. The fourth-order valence-corrected chi connectivity index (χ4v) is 4.72. The Morgan fingerprint density at radius 2 is 1.87 bits per heavy atom. The zero-order chi connectivity index (χ0) is 27.6. The summed E-state index contributed by atoms with van der Waals surface area (Å²) in [6, 6.07) is 10.6. The lowest BCUT2D eigenvalue weighted by Crippen LogP contribution is -2.48. The second-order valence-corrected chi connectivity index (χ2v) is 9.94. The average molecular weight is 553 g/mol. The molecular weight excluding hydrogens is 528 g/mol. The van der Waals surface area contributed by atoms with Crippen molar-refractivity contribution in [3.63, 3.8) is 0 Å². The molecule has 4 rings (SSSR count). The van der Waals surface area contributed by atoms with E-state index in [-0.39, 0.29) is 29.3 Å². The lowest BCUT2D eigenvalue weighted by Gasteiger charge is -2.26. The molecule has 1 aliphatic carbocycles. The van der Waals surface area contributed by atoms with Gasteiger partial charge in [-0.25, -0.2) is 9.38 Å². The van der Waals surface area contributed by atoms with Gasteiger partial charge in [-0.15, -0.1) is 0 Å². The first-order chi connectivity index (χ1) is 17.9. The Hall–Kier alpha value is -3.47. The minimum absolute atomic E-state index is 0.0605. The molecule has 2 aromatic rings. The van der Waals surface area contributed by atoms with E-state index in [1.54, 1.807) is 30.3 Å². The van der Waals surface area contributed by atoms with Gasteiger partial charge < -0.3 is 16.4 Å². The van der Waals surface area contributed by atoms with Crippen molar-refractivity contribution in [1.82, 2.24) is 5.32 Å². The van der Waals surface area contributed by atoms with Crippen LogP contribution in [0.4, 0.5) is 23.2 Å². The van der Waals surface area contributed by atoms with Crippen molar-refractivity contribution >= 4 is 40.7 Å². The Bertz CT molecular complexity index is 1280. The number of carbonyl (C=O) groups excluding carboxylic acids is 3. The van der Waals surface area contributed by atoms with Crippen molar-refractivity contribution in [1.29, 1.82) is 0 Å². The van der Waals surface area contributed by atoms with Crippen molar-refractivity contribution in [2.45, 2.75) is 44.4 Å². The zero-order valence-electron chi connectivity index (χ0n) is 20.0. The van der Waals surface area contributed by atoms with E-state index in [0.29, 0.717) is 10.6 Å². The molecule has 3 atom stereocenters. The maximum atomic E-state index is 14.7. The van der Waals surface area contributed by atoms with Crippen molar-refractivity contribution < 1.29 is 31.9 Å². The first-order valence-corrected chi connectivity index (χ1v) is 12.4. The van der Waals surface area contributed by atoms with Gasteiger partial charge in [0, 0.05) is 34.4 Å². The summed E-state index contributed by atoms with van der Waals surface area (Å²) in [5.74, 6) is -5.98. The third kappa shape index (κ3) is 6.69. The molecule has 0 spiro atoms. The second kappa shape index (κ2) is 11.1. The van der Waals surface area contributed by atoms with Crippen LogP contribution in [-0.2, 0) is 14.4 Å². The van der Waals surface area contributed by atoms with Crippen LogP contribution in [0.2, 0.25) is 5.02 Å². The van der Waals surface area contributed by atoms with Crippen LogP contribution in [0.5, 0.6) is 0 Å². The molecule has 3 amide bonds. The number of fused-ring (bicyclic) bond motifs is 1. The molecule has 2 aliphatic rings. The van der Waals surface area contributed by atoms with Crippen molar-refractivity contribution in [3.05, 3.63) is 64.4 Å². The van der Waals surface area contributed by atoms with Gasteiger partial charge in [0.2, 0.25) is 18.0 Å². The first kappa shape index (κ1) is 27.6. The summed E-state index contributed by atoms with van der Waals surface area (Å²) in [5, 5.41) is 5.25. The van der Waals surface area contributed by atoms with Crippen LogP contribution >= 0.6 is 11.6 Å². The summed E-state index contributed by atoms with van der Waals surface area (Å²) >= 11 is 6.13. The van der Waals surface area contributed by atoms with E-state index in [9.17, 15) is 31.9 Å². The van der Waals surface area contributed by atoms with Gasteiger partial charge in [-0.3, -0.25) is 14.4 Å². The summed E-state index contributed by atoms with van der Waals surface area (Å²) in [5.41, 5.74) is 6.12. The molecule has 0 bridgehead atoms. The van der Waals surface area contributed by atoms with Crippen LogP contribution in [0.1, 0.15) is 43.2 Å². The second-order valence-electron chi connectivity index (χ2n) is 9.50. The smallest absolute Gasteiger partial charge is 0.369 e. The van der Waals surface area contributed by atoms with Crippen LogP contribution in [0.15, 0.2) is 47.5 Å². The number of amides is 3. The predicted octanol–water partition coefficient (Wildman–Crippen LogP) is 4.57. The normalized spacial score (nSPS) is 18.9. The third-order valence-corrected chi connectivity index (χ3v) is 6.85. The molecule has 4 N–H and O–H groups in total. The van der Waals surface area contributed by atoms with Crippen LogP contribution < -0.4 is 16.4 Å². The van der Waals surface area contributed by atoms with Gasteiger partial charge in [0.25, 0.3) is 5.91 Å². The van der Waals surface area contributed by atoms with Crippen LogP contribution in [-0.4, -0.2) is 35.8 Å². The number of anilines is 1. The number of primary amides is 1. The van der Waals surface area contributed by atoms with Gasteiger partial charge in [0.15, 0.2) is 0 Å². The molecule has 1 heterocycles. The Balaban J connectivity index is 1.68. The van der Waals surface area contributed by atoms with Crippen molar-refractivity contribution in [2.24, 2.45) is 28.5 Å². The molecule has 38 heavy (non-hydrogen) atoms. The third-order valence-electron chi connectivity index (χ3n) is 6.61. The fraction of sp³-hybridized carbons (Fsp3) is 0.385. The average Bonchev–Trinajstić information content (AvgIpc) is 3.66. The molecule has 202 valence electrons. The van der Waals surface area contributed by atoms with Gasteiger partial charge in [-0.05, 0) is 37.0 Å². The summed E-state index contributed by atoms with van der Waals surface area (Å²) in [6.07, 6.45) is -6.37. The highest BCUT2D eigenvalue weighted by Gasteiger charge is 2.41. The minimum Gasteiger partial charge on any atom is -0.369 e. The molecule has 1 aliphatic heterocycles. The summed E-state index contributed by atoms with van der Waals surface area (Å²) < 4.78 is 53.5. The standard InChI is InChI=1S/C26H25ClF4N4O3/c27-15-4-1-3-14(12-15)20-17-5-2-6-19(28)21(17)34-25(38)23(33-20)35-24(37)18(11-13-7-8-13)16(22(32)36)9-10-26(29,30)31/h1-6,12-13,16,18,23H,7-11H2,(H2,32,36)(H,34,38)(H,35,37)/t16-,18+,23-/m1/s1. The number of halogens is 5. The molecular formula is C26H25ClF4N4O3. The summed E-state index contributed by atoms with van der Waals surface area (Å²) in [4.78, 5) is 43.0. The number of benzodiazepines with no additional fused rings is 1. The van der Waals surface area contributed by atoms with Gasteiger partial charge in [-0.1, -0.05) is 48.7 Å². The quantitative estimate of drug-likeness (QED) is 0.396. The first-order valence-electron chi connectivity index (χ1n) is 12.0. The Morgan fingerprint density at radius 3 is 2.50 bits per heavy atom. The topological polar surface area (TPSA) is 114 Å². The molecule has 12 heteroatoms. The molecule has 0 radical (unpaired) electrons. The zero-order valence-corrected chi connectivity index (χ0v) is 20.8. The van der Waals surface area contributed by atoms with E-state index in [1.807, 2.05) is 0 Å². The molecule has 1 saturated carbocycles.